The molecule has 4 fully saturated rings. The summed E-state index contributed by atoms with van der Waals surface area (Å²) in [5, 5.41) is 12.0. The van der Waals surface area contributed by atoms with Crippen molar-refractivity contribution in [2.45, 2.75) is 44.9 Å². The summed E-state index contributed by atoms with van der Waals surface area (Å²) >= 11 is 5.91. The van der Waals surface area contributed by atoms with Gasteiger partial charge in [0.2, 0.25) is 17.7 Å². The summed E-state index contributed by atoms with van der Waals surface area (Å²) in [5.41, 5.74) is 0.744. The van der Waals surface area contributed by atoms with Crippen LogP contribution < -0.4 is 5.32 Å². The molecular formula is C21H24ClN3O2. The van der Waals surface area contributed by atoms with Gasteiger partial charge in [-0.2, -0.15) is 0 Å². The van der Waals surface area contributed by atoms with Crippen molar-refractivity contribution in [3.63, 3.8) is 0 Å². The van der Waals surface area contributed by atoms with E-state index in [4.69, 9.17) is 16.0 Å². The lowest BCUT2D eigenvalue weighted by molar-refractivity contribution is -0.146. The fourth-order valence-corrected chi connectivity index (χ4v) is 6.05. The standard InChI is InChI=1S/C21H24ClN3O2/c22-17-3-1-16(2-4-17)19-25-24-18(27-19)5-6-23-20(26)21-10-13-7-14(11-21)9-15(8-13)12-21/h1-4,13-15H,5-12H2,(H,23,26). The second kappa shape index (κ2) is 6.62. The van der Waals surface area contributed by atoms with Crippen LogP contribution in [0.3, 0.4) is 0 Å². The van der Waals surface area contributed by atoms with Crippen molar-refractivity contribution in [3.8, 4) is 11.5 Å². The summed E-state index contributed by atoms with van der Waals surface area (Å²) in [6.45, 7) is 0.544. The van der Waals surface area contributed by atoms with Gasteiger partial charge in [-0.1, -0.05) is 11.6 Å². The number of nitrogens with zero attached hydrogens (tertiary/aromatic N) is 2. The van der Waals surface area contributed by atoms with Gasteiger partial charge in [-0.05, 0) is 80.5 Å². The van der Waals surface area contributed by atoms with Crippen LogP contribution in [0.4, 0.5) is 0 Å². The maximum Gasteiger partial charge on any atom is 0.247 e. The first-order valence-corrected chi connectivity index (χ1v) is 10.3. The van der Waals surface area contributed by atoms with E-state index >= 15 is 0 Å². The number of carbonyl (C=O) groups excluding carboxylic acids is 1. The van der Waals surface area contributed by atoms with Gasteiger partial charge in [0.1, 0.15) is 0 Å². The van der Waals surface area contributed by atoms with Gasteiger partial charge in [0.25, 0.3) is 0 Å². The largest absolute Gasteiger partial charge is 0.421 e. The molecule has 0 spiro atoms. The predicted molar refractivity (Wildman–Crippen MR) is 102 cm³/mol. The molecule has 0 radical (unpaired) electrons. The lowest BCUT2D eigenvalue weighted by Crippen LogP contribution is -2.53. The first-order valence-electron chi connectivity index (χ1n) is 9.96. The van der Waals surface area contributed by atoms with Gasteiger partial charge in [0.15, 0.2) is 0 Å². The van der Waals surface area contributed by atoms with E-state index in [2.05, 4.69) is 15.5 Å². The van der Waals surface area contributed by atoms with E-state index in [-0.39, 0.29) is 11.3 Å². The molecule has 4 aliphatic carbocycles. The highest BCUT2D eigenvalue weighted by molar-refractivity contribution is 6.30. The number of hydrogen-bond donors (Lipinski definition) is 1. The summed E-state index contributed by atoms with van der Waals surface area (Å²) < 4.78 is 5.72. The lowest BCUT2D eigenvalue weighted by atomic mass is 9.49. The lowest BCUT2D eigenvalue weighted by Gasteiger charge is -2.55. The molecule has 2 aromatic rings. The third-order valence-corrected chi connectivity index (χ3v) is 6.95. The minimum atomic E-state index is -0.0991. The van der Waals surface area contributed by atoms with Gasteiger partial charge in [0, 0.05) is 29.0 Å². The van der Waals surface area contributed by atoms with Gasteiger partial charge in [-0.25, -0.2) is 0 Å². The highest BCUT2D eigenvalue weighted by atomic mass is 35.5. The Kier molecular flexibility index (Phi) is 4.23. The zero-order valence-corrected chi connectivity index (χ0v) is 16.0. The second-order valence-electron chi connectivity index (χ2n) is 8.71. The Bertz CT molecular complexity index is 810. The number of hydrogen-bond acceptors (Lipinski definition) is 4. The summed E-state index contributed by atoms with van der Waals surface area (Å²) in [4.78, 5) is 13.0. The molecule has 4 aliphatic rings. The van der Waals surface area contributed by atoms with Crippen LogP contribution in [0.1, 0.15) is 44.4 Å². The van der Waals surface area contributed by atoms with Gasteiger partial charge in [-0.3, -0.25) is 4.79 Å². The van der Waals surface area contributed by atoms with Crippen molar-refractivity contribution >= 4 is 17.5 Å². The Morgan fingerprint density at radius 3 is 2.33 bits per heavy atom. The Morgan fingerprint density at radius 2 is 1.70 bits per heavy atom. The van der Waals surface area contributed by atoms with Gasteiger partial charge in [-0.15, -0.1) is 10.2 Å². The van der Waals surface area contributed by atoms with Crippen molar-refractivity contribution in [2.24, 2.45) is 23.2 Å². The van der Waals surface area contributed by atoms with Crippen molar-refractivity contribution in [1.82, 2.24) is 15.5 Å². The van der Waals surface area contributed by atoms with E-state index < -0.39 is 0 Å². The maximum absolute atomic E-state index is 13.0. The van der Waals surface area contributed by atoms with E-state index in [0.717, 1.165) is 42.6 Å². The van der Waals surface area contributed by atoms with Gasteiger partial charge < -0.3 is 9.73 Å². The van der Waals surface area contributed by atoms with Crippen LogP contribution in [-0.4, -0.2) is 22.6 Å². The fraction of sp³-hybridized carbons (Fsp3) is 0.571. The molecule has 0 saturated heterocycles. The zero-order valence-electron chi connectivity index (χ0n) is 15.3. The maximum atomic E-state index is 13.0. The third-order valence-electron chi connectivity index (χ3n) is 6.70. The fourth-order valence-electron chi connectivity index (χ4n) is 5.92. The summed E-state index contributed by atoms with van der Waals surface area (Å²) in [7, 11) is 0. The molecule has 142 valence electrons. The van der Waals surface area contributed by atoms with Crippen LogP contribution in [0.15, 0.2) is 28.7 Å². The predicted octanol–water partition coefficient (Wildman–Crippen LogP) is 4.27. The number of rotatable bonds is 5. The van der Waals surface area contributed by atoms with E-state index in [1.165, 1.54) is 19.3 Å². The molecule has 0 unspecified atom stereocenters. The van der Waals surface area contributed by atoms with Crippen LogP contribution in [0.25, 0.3) is 11.5 Å². The molecule has 6 heteroatoms. The zero-order chi connectivity index (χ0) is 18.4. The molecule has 0 atom stereocenters. The van der Waals surface area contributed by atoms with Crippen molar-refractivity contribution in [3.05, 3.63) is 35.2 Å². The number of halogens is 1. The molecule has 1 aromatic carbocycles. The quantitative estimate of drug-likeness (QED) is 0.834. The van der Waals surface area contributed by atoms with E-state index in [1.54, 1.807) is 12.1 Å². The highest BCUT2D eigenvalue weighted by Gasteiger charge is 2.54. The summed E-state index contributed by atoms with van der Waals surface area (Å²) in [6, 6.07) is 7.31. The second-order valence-corrected chi connectivity index (χ2v) is 9.15. The molecule has 1 N–H and O–H groups in total. The van der Waals surface area contributed by atoms with Crippen molar-refractivity contribution in [1.29, 1.82) is 0 Å². The normalized spacial score (nSPS) is 31.2. The monoisotopic (exact) mass is 385 g/mol. The minimum Gasteiger partial charge on any atom is -0.421 e. The number of benzene rings is 1. The summed E-state index contributed by atoms with van der Waals surface area (Å²) in [6.07, 6.45) is 7.87. The SMILES string of the molecule is O=C(NCCc1nnc(-c2ccc(Cl)cc2)o1)C12CC3CC(CC(C3)C1)C2. The topological polar surface area (TPSA) is 68.0 Å². The minimum absolute atomic E-state index is 0.0991. The molecule has 1 heterocycles. The smallest absolute Gasteiger partial charge is 0.247 e. The van der Waals surface area contributed by atoms with Crippen LogP contribution in [0, 0.1) is 23.2 Å². The van der Waals surface area contributed by atoms with E-state index in [0.29, 0.717) is 29.8 Å². The molecule has 0 aliphatic heterocycles. The van der Waals surface area contributed by atoms with Crippen LogP contribution >= 0.6 is 11.6 Å². The number of amides is 1. The molecule has 4 bridgehead atoms. The molecule has 1 amide bonds. The number of aromatic nitrogens is 2. The van der Waals surface area contributed by atoms with E-state index in [1.807, 2.05) is 12.1 Å². The Morgan fingerprint density at radius 1 is 1.07 bits per heavy atom. The highest BCUT2D eigenvalue weighted by Crippen LogP contribution is 2.60. The van der Waals surface area contributed by atoms with Gasteiger partial charge in [0.05, 0.1) is 0 Å². The molecule has 4 saturated carbocycles. The number of nitrogens with one attached hydrogen (secondary N) is 1. The summed E-state index contributed by atoms with van der Waals surface area (Å²) in [5.74, 6) is 3.61. The van der Waals surface area contributed by atoms with Gasteiger partial charge >= 0.3 is 0 Å². The number of carbonyl (C=O) groups is 1. The molecule has 1 aromatic heterocycles. The molecular weight excluding hydrogens is 362 g/mol. The molecule has 6 rings (SSSR count). The van der Waals surface area contributed by atoms with Crippen molar-refractivity contribution in [2.75, 3.05) is 6.54 Å². The van der Waals surface area contributed by atoms with E-state index in [9.17, 15) is 4.79 Å². The molecule has 27 heavy (non-hydrogen) atoms. The van der Waals surface area contributed by atoms with Crippen molar-refractivity contribution < 1.29 is 9.21 Å². The Labute approximate surface area is 163 Å². The first kappa shape index (κ1) is 17.2. The Hall–Kier alpha value is -1.88. The third kappa shape index (κ3) is 3.27. The average Bonchev–Trinajstić information content (AvgIpc) is 3.10. The van der Waals surface area contributed by atoms with Crippen LogP contribution in [-0.2, 0) is 11.2 Å². The van der Waals surface area contributed by atoms with Crippen LogP contribution in [0.2, 0.25) is 5.02 Å². The van der Waals surface area contributed by atoms with Crippen LogP contribution in [0.5, 0.6) is 0 Å². The Balaban J connectivity index is 1.18. The average molecular weight is 386 g/mol. The molecule has 5 nitrogen and oxygen atoms in total. The first-order chi connectivity index (χ1) is 13.1.